The summed E-state index contributed by atoms with van der Waals surface area (Å²) < 4.78 is 28.8. The molecule has 1 rings (SSSR count). The van der Waals surface area contributed by atoms with Gasteiger partial charge in [0.25, 0.3) is 0 Å². The second kappa shape index (κ2) is 6.28. The fourth-order valence-electron chi connectivity index (χ4n) is 1.00. The van der Waals surface area contributed by atoms with E-state index in [-0.39, 0.29) is 24.5 Å². The largest absolute Gasteiger partial charge is 0.467 e. The highest BCUT2D eigenvalue weighted by Gasteiger charge is 2.05. The van der Waals surface area contributed by atoms with Crippen molar-refractivity contribution in [1.29, 1.82) is 0 Å². The fourth-order valence-corrected chi connectivity index (χ4v) is 1.47. The number of sulfonamides is 1. The van der Waals surface area contributed by atoms with Crippen LogP contribution in [0, 0.1) is 0 Å². The molecule has 0 saturated carbocycles. The molecular weight excluding hydrogens is 262 g/mol. The number of hydrazine groups is 1. The molecule has 1 heterocycles. The van der Waals surface area contributed by atoms with E-state index in [1.54, 1.807) is 0 Å². The normalized spacial score (nSPS) is 11.1. The second-order valence-electron chi connectivity index (χ2n) is 3.21. The van der Waals surface area contributed by atoms with Crippen molar-refractivity contribution in [3.8, 4) is 6.01 Å². The summed E-state index contributed by atoms with van der Waals surface area (Å²) in [7, 11) is -1.80. The highest BCUT2D eigenvalue weighted by atomic mass is 32.2. The quantitative estimate of drug-likeness (QED) is 0.256. The minimum atomic E-state index is -3.20. The lowest BCUT2D eigenvalue weighted by atomic mass is 10.6. The van der Waals surface area contributed by atoms with Crippen molar-refractivity contribution in [3.63, 3.8) is 0 Å². The third kappa shape index (κ3) is 5.07. The van der Waals surface area contributed by atoms with E-state index in [0.29, 0.717) is 6.54 Å². The van der Waals surface area contributed by atoms with E-state index in [1.807, 2.05) is 0 Å². The van der Waals surface area contributed by atoms with Crippen LogP contribution in [0.15, 0.2) is 0 Å². The molecule has 10 nitrogen and oxygen atoms in total. The number of nitrogens with zero attached hydrogens (tertiary/aromatic N) is 3. The highest BCUT2D eigenvalue weighted by Crippen LogP contribution is 2.08. The number of nitrogen functional groups attached to an aromatic ring is 1. The molecule has 0 saturated heterocycles. The monoisotopic (exact) mass is 277 g/mol. The predicted molar refractivity (Wildman–Crippen MR) is 65.5 cm³/mol. The molecule has 18 heavy (non-hydrogen) atoms. The average Bonchev–Trinajstić information content (AvgIpc) is 2.33. The zero-order valence-electron chi connectivity index (χ0n) is 9.97. The minimum Gasteiger partial charge on any atom is -0.467 e. The molecule has 0 spiro atoms. The fraction of sp³-hybridized carbons (Fsp3) is 0.571. The number of aromatic nitrogens is 3. The summed E-state index contributed by atoms with van der Waals surface area (Å²) in [6.45, 7) is 0.516. The first-order valence-corrected chi connectivity index (χ1v) is 6.79. The summed E-state index contributed by atoms with van der Waals surface area (Å²) in [4.78, 5) is 11.6. The zero-order valence-corrected chi connectivity index (χ0v) is 10.8. The van der Waals surface area contributed by atoms with Gasteiger partial charge >= 0.3 is 6.01 Å². The van der Waals surface area contributed by atoms with Crippen molar-refractivity contribution in [2.24, 2.45) is 5.84 Å². The molecule has 0 aliphatic rings. The average molecular weight is 277 g/mol. The van der Waals surface area contributed by atoms with Crippen LogP contribution in [0.3, 0.4) is 0 Å². The number of methoxy groups -OCH3 is 1. The van der Waals surface area contributed by atoms with Gasteiger partial charge in [0.15, 0.2) is 0 Å². The lowest BCUT2D eigenvalue weighted by molar-refractivity contribution is 0.379. The van der Waals surface area contributed by atoms with Gasteiger partial charge in [-0.15, -0.1) is 0 Å². The molecule has 0 aromatic carbocycles. The Hall–Kier alpha value is -1.72. The Balaban J connectivity index is 2.56. The summed E-state index contributed by atoms with van der Waals surface area (Å²) in [5.41, 5.74) is 2.26. The molecule has 1 aromatic rings. The van der Waals surface area contributed by atoms with Gasteiger partial charge in [-0.1, -0.05) is 0 Å². The standard InChI is InChI=1S/C7H15N7O3S/c1-17-7-12-5(11-6(13-7)14-8)9-3-4-10-18(2,15)16/h10H,3-4,8H2,1-2H3,(H2,9,11,12,13,14). The van der Waals surface area contributed by atoms with Crippen molar-refractivity contribution in [1.82, 2.24) is 19.7 Å². The number of hydrogen-bond donors (Lipinski definition) is 4. The Kier molecular flexibility index (Phi) is 5.00. The Morgan fingerprint density at radius 2 is 1.89 bits per heavy atom. The molecule has 5 N–H and O–H groups in total. The van der Waals surface area contributed by atoms with E-state index in [4.69, 9.17) is 10.6 Å². The lowest BCUT2D eigenvalue weighted by Gasteiger charge is -2.07. The van der Waals surface area contributed by atoms with Crippen LogP contribution < -0.4 is 26.0 Å². The van der Waals surface area contributed by atoms with Crippen molar-refractivity contribution in [3.05, 3.63) is 0 Å². The Bertz CT molecular complexity index is 470. The molecule has 0 aliphatic carbocycles. The number of ether oxygens (including phenoxy) is 1. The van der Waals surface area contributed by atoms with E-state index in [1.165, 1.54) is 7.11 Å². The molecule has 0 radical (unpaired) electrons. The Morgan fingerprint density at radius 3 is 2.44 bits per heavy atom. The van der Waals surface area contributed by atoms with Gasteiger partial charge in [-0.3, -0.25) is 5.43 Å². The van der Waals surface area contributed by atoms with Crippen molar-refractivity contribution in [2.45, 2.75) is 0 Å². The summed E-state index contributed by atoms with van der Waals surface area (Å²) in [6, 6.07) is 0.0940. The first-order chi connectivity index (χ1) is 8.44. The van der Waals surface area contributed by atoms with E-state index in [0.717, 1.165) is 6.26 Å². The van der Waals surface area contributed by atoms with Crippen LogP contribution >= 0.6 is 0 Å². The van der Waals surface area contributed by atoms with Crippen LogP contribution in [0.4, 0.5) is 11.9 Å². The summed E-state index contributed by atoms with van der Waals surface area (Å²) in [5.74, 6) is 5.54. The molecule has 0 amide bonds. The smallest absolute Gasteiger partial charge is 0.322 e. The van der Waals surface area contributed by atoms with Gasteiger partial charge in [-0.05, 0) is 0 Å². The van der Waals surface area contributed by atoms with Crippen molar-refractivity contribution >= 4 is 21.9 Å². The Labute approximate surface area is 104 Å². The molecule has 0 bridgehead atoms. The molecular formula is C7H15N7O3S. The van der Waals surface area contributed by atoms with Crippen LogP contribution in [0.5, 0.6) is 6.01 Å². The number of anilines is 2. The highest BCUT2D eigenvalue weighted by molar-refractivity contribution is 7.88. The Morgan fingerprint density at radius 1 is 1.22 bits per heavy atom. The third-order valence-electron chi connectivity index (χ3n) is 1.70. The second-order valence-corrected chi connectivity index (χ2v) is 5.04. The number of nitrogens with two attached hydrogens (primary N) is 1. The van der Waals surface area contributed by atoms with Gasteiger partial charge in [0.2, 0.25) is 21.9 Å². The molecule has 0 unspecified atom stereocenters. The maximum atomic E-state index is 10.8. The molecule has 0 atom stereocenters. The van der Waals surface area contributed by atoms with E-state index in [2.05, 4.69) is 30.4 Å². The maximum absolute atomic E-state index is 10.8. The third-order valence-corrected chi connectivity index (χ3v) is 2.43. The summed E-state index contributed by atoms with van der Waals surface area (Å²) in [5, 5.41) is 2.80. The van der Waals surface area contributed by atoms with Gasteiger partial charge in [0.1, 0.15) is 0 Å². The first kappa shape index (κ1) is 14.3. The van der Waals surface area contributed by atoms with Crippen LogP contribution in [0.25, 0.3) is 0 Å². The SMILES string of the molecule is COc1nc(NN)nc(NCCNS(C)(=O)=O)n1. The van der Waals surface area contributed by atoms with E-state index >= 15 is 0 Å². The molecule has 11 heteroatoms. The van der Waals surface area contributed by atoms with Crippen LogP contribution in [-0.4, -0.2) is 49.8 Å². The van der Waals surface area contributed by atoms with Crippen LogP contribution in [-0.2, 0) is 10.0 Å². The van der Waals surface area contributed by atoms with Crippen molar-refractivity contribution in [2.75, 3.05) is 37.2 Å². The number of nitrogens with one attached hydrogen (secondary N) is 3. The van der Waals surface area contributed by atoms with E-state index < -0.39 is 10.0 Å². The van der Waals surface area contributed by atoms with Gasteiger partial charge in [0, 0.05) is 13.1 Å². The maximum Gasteiger partial charge on any atom is 0.322 e. The predicted octanol–water partition coefficient (Wildman–Crippen LogP) is -1.87. The molecule has 0 fully saturated rings. The van der Waals surface area contributed by atoms with Crippen LogP contribution in [0.1, 0.15) is 0 Å². The van der Waals surface area contributed by atoms with Crippen molar-refractivity contribution < 1.29 is 13.2 Å². The number of rotatable bonds is 7. The first-order valence-electron chi connectivity index (χ1n) is 4.90. The van der Waals surface area contributed by atoms with E-state index in [9.17, 15) is 8.42 Å². The van der Waals surface area contributed by atoms with Gasteiger partial charge in [-0.25, -0.2) is 19.0 Å². The van der Waals surface area contributed by atoms with Gasteiger partial charge in [-0.2, -0.15) is 15.0 Å². The van der Waals surface area contributed by atoms with Gasteiger partial charge < -0.3 is 10.1 Å². The minimum absolute atomic E-state index is 0.0940. The van der Waals surface area contributed by atoms with Crippen LogP contribution in [0.2, 0.25) is 0 Å². The molecule has 102 valence electrons. The lowest BCUT2D eigenvalue weighted by Crippen LogP contribution is -2.28. The summed E-state index contributed by atoms with van der Waals surface area (Å²) >= 11 is 0. The molecule has 1 aromatic heterocycles. The number of hydrogen-bond acceptors (Lipinski definition) is 9. The topological polar surface area (TPSA) is 144 Å². The zero-order chi connectivity index (χ0) is 13.6. The summed E-state index contributed by atoms with van der Waals surface area (Å²) in [6.07, 6.45) is 1.08. The molecule has 0 aliphatic heterocycles. The van der Waals surface area contributed by atoms with Gasteiger partial charge in [0.05, 0.1) is 13.4 Å².